The van der Waals surface area contributed by atoms with Gasteiger partial charge in [-0.2, -0.15) is 0 Å². The van der Waals surface area contributed by atoms with Gasteiger partial charge in [-0.05, 0) is 51.1 Å². The molecular formula is C17H19NO3. The lowest BCUT2D eigenvalue weighted by Gasteiger charge is -2.23. The van der Waals surface area contributed by atoms with Gasteiger partial charge in [0.2, 0.25) is 0 Å². The van der Waals surface area contributed by atoms with E-state index in [2.05, 4.69) is 0 Å². The molecule has 2 aromatic rings. The number of carbonyl (C=O) groups is 1. The van der Waals surface area contributed by atoms with Crippen molar-refractivity contribution >= 4 is 16.7 Å². The first kappa shape index (κ1) is 13.9. The highest BCUT2D eigenvalue weighted by Crippen LogP contribution is 2.28. The molecule has 0 fully saturated rings. The molecule has 1 aromatic carbocycles. The Morgan fingerprint density at radius 3 is 2.71 bits per heavy atom. The lowest BCUT2D eigenvalue weighted by atomic mass is 10.1. The SMILES string of the molecule is CC(C)(C)OC(=O)C1CCc2cc3ccccc3c(=O)n21. The average molecular weight is 285 g/mol. The van der Waals surface area contributed by atoms with Crippen LogP contribution in [0.4, 0.5) is 0 Å². The fourth-order valence-electron chi connectivity index (χ4n) is 2.87. The Morgan fingerprint density at radius 1 is 1.29 bits per heavy atom. The molecule has 0 bridgehead atoms. The van der Waals surface area contributed by atoms with E-state index >= 15 is 0 Å². The standard InChI is InChI=1S/C17H19NO3/c1-17(2,3)21-16(20)14-9-8-12-10-11-6-4-5-7-13(11)15(19)18(12)14/h4-7,10,14H,8-9H2,1-3H3. The molecule has 0 saturated heterocycles. The Hall–Kier alpha value is -2.10. The number of nitrogens with zero attached hydrogens (tertiary/aromatic N) is 1. The van der Waals surface area contributed by atoms with Gasteiger partial charge in [-0.3, -0.25) is 9.36 Å². The van der Waals surface area contributed by atoms with Crippen molar-refractivity contribution in [2.75, 3.05) is 0 Å². The molecule has 1 aromatic heterocycles. The third kappa shape index (κ3) is 2.46. The largest absolute Gasteiger partial charge is 0.458 e. The van der Waals surface area contributed by atoms with Crippen LogP contribution in [0.15, 0.2) is 35.1 Å². The van der Waals surface area contributed by atoms with Crippen molar-refractivity contribution in [3.8, 4) is 0 Å². The average Bonchev–Trinajstić information content (AvgIpc) is 2.81. The van der Waals surface area contributed by atoms with Crippen molar-refractivity contribution in [2.24, 2.45) is 0 Å². The highest BCUT2D eigenvalue weighted by molar-refractivity contribution is 5.83. The number of hydrogen-bond acceptors (Lipinski definition) is 3. The van der Waals surface area contributed by atoms with Gasteiger partial charge in [-0.1, -0.05) is 18.2 Å². The topological polar surface area (TPSA) is 48.3 Å². The molecule has 0 radical (unpaired) electrons. The summed E-state index contributed by atoms with van der Waals surface area (Å²) >= 11 is 0. The van der Waals surface area contributed by atoms with Crippen molar-refractivity contribution in [3.63, 3.8) is 0 Å². The van der Waals surface area contributed by atoms with Crippen LogP contribution in [0.3, 0.4) is 0 Å². The van der Waals surface area contributed by atoms with Crippen LogP contribution in [-0.4, -0.2) is 16.1 Å². The second-order valence-electron chi connectivity index (χ2n) is 6.49. The van der Waals surface area contributed by atoms with Gasteiger partial charge in [-0.15, -0.1) is 0 Å². The van der Waals surface area contributed by atoms with Crippen LogP contribution in [-0.2, 0) is 16.0 Å². The molecule has 1 unspecified atom stereocenters. The van der Waals surface area contributed by atoms with Crippen molar-refractivity contribution < 1.29 is 9.53 Å². The smallest absolute Gasteiger partial charge is 0.329 e. The van der Waals surface area contributed by atoms with E-state index in [9.17, 15) is 9.59 Å². The van der Waals surface area contributed by atoms with Crippen molar-refractivity contribution in [1.29, 1.82) is 0 Å². The van der Waals surface area contributed by atoms with E-state index in [0.29, 0.717) is 11.8 Å². The van der Waals surface area contributed by atoms with E-state index in [1.165, 1.54) is 0 Å². The van der Waals surface area contributed by atoms with Gasteiger partial charge in [0.25, 0.3) is 5.56 Å². The van der Waals surface area contributed by atoms with Crippen LogP contribution in [0, 0.1) is 0 Å². The molecule has 1 aliphatic heterocycles. The molecule has 0 saturated carbocycles. The third-order valence-corrected chi connectivity index (χ3v) is 3.71. The lowest BCUT2D eigenvalue weighted by Crippen LogP contribution is -2.33. The summed E-state index contributed by atoms with van der Waals surface area (Å²) in [5.74, 6) is -0.321. The zero-order valence-electron chi connectivity index (χ0n) is 12.6. The number of carbonyl (C=O) groups excluding carboxylic acids is 1. The van der Waals surface area contributed by atoms with E-state index in [-0.39, 0.29) is 11.5 Å². The summed E-state index contributed by atoms with van der Waals surface area (Å²) in [6.07, 6.45) is 1.35. The number of esters is 1. The van der Waals surface area contributed by atoms with Crippen molar-refractivity contribution in [2.45, 2.75) is 45.3 Å². The molecule has 1 atom stereocenters. The fourth-order valence-corrected chi connectivity index (χ4v) is 2.87. The van der Waals surface area contributed by atoms with Gasteiger partial charge < -0.3 is 4.74 Å². The highest BCUT2D eigenvalue weighted by Gasteiger charge is 2.33. The van der Waals surface area contributed by atoms with Crippen LogP contribution >= 0.6 is 0 Å². The third-order valence-electron chi connectivity index (χ3n) is 3.71. The van der Waals surface area contributed by atoms with Crippen LogP contribution < -0.4 is 5.56 Å². The van der Waals surface area contributed by atoms with Crippen molar-refractivity contribution in [3.05, 3.63) is 46.4 Å². The van der Waals surface area contributed by atoms with Gasteiger partial charge >= 0.3 is 5.97 Å². The number of ether oxygens (including phenoxy) is 1. The first-order valence-corrected chi connectivity index (χ1v) is 7.23. The number of aromatic nitrogens is 1. The van der Waals surface area contributed by atoms with Gasteiger partial charge in [0.15, 0.2) is 0 Å². The van der Waals surface area contributed by atoms with Crippen LogP contribution in [0.2, 0.25) is 0 Å². The number of benzene rings is 1. The Bertz CT molecular complexity index is 768. The highest BCUT2D eigenvalue weighted by atomic mass is 16.6. The van der Waals surface area contributed by atoms with Gasteiger partial charge in [0.05, 0.1) is 0 Å². The molecule has 0 amide bonds. The summed E-state index contributed by atoms with van der Waals surface area (Å²) < 4.78 is 7.05. The Morgan fingerprint density at radius 2 is 2.00 bits per heavy atom. The van der Waals surface area contributed by atoms with E-state index in [1.807, 2.05) is 45.0 Å². The summed E-state index contributed by atoms with van der Waals surface area (Å²) in [7, 11) is 0. The van der Waals surface area contributed by atoms with E-state index < -0.39 is 11.6 Å². The maximum Gasteiger partial charge on any atom is 0.329 e. The summed E-state index contributed by atoms with van der Waals surface area (Å²) in [5.41, 5.74) is 0.270. The van der Waals surface area contributed by atoms with E-state index in [1.54, 1.807) is 10.6 Å². The Labute approximate surface area is 123 Å². The molecule has 110 valence electrons. The van der Waals surface area contributed by atoms with Crippen LogP contribution in [0.1, 0.15) is 38.9 Å². The number of hydrogen-bond donors (Lipinski definition) is 0. The molecule has 0 aliphatic carbocycles. The number of rotatable bonds is 1. The minimum absolute atomic E-state index is 0.101. The predicted octanol–water partition coefficient (Wildman–Crippen LogP) is 2.83. The Balaban J connectivity index is 2.08. The monoisotopic (exact) mass is 285 g/mol. The minimum Gasteiger partial charge on any atom is -0.458 e. The fraction of sp³-hybridized carbons (Fsp3) is 0.412. The maximum absolute atomic E-state index is 12.7. The second-order valence-corrected chi connectivity index (χ2v) is 6.49. The van der Waals surface area contributed by atoms with E-state index in [4.69, 9.17) is 4.74 Å². The zero-order chi connectivity index (χ0) is 15.2. The normalized spacial score (nSPS) is 17.8. The second kappa shape index (κ2) is 4.72. The number of fused-ring (bicyclic) bond motifs is 2. The maximum atomic E-state index is 12.7. The predicted molar refractivity (Wildman–Crippen MR) is 81.4 cm³/mol. The quantitative estimate of drug-likeness (QED) is 0.757. The van der Waals surface area contributed by atoms with E-state index in [0.717, 1.165) is 17.5 Å². The summed E-state index contributed by atoms with van der Waals surface area (Å²) in [6.45, 7) is 5.51. The molecular weight excluding hydrogens is 266 g/mol. The summed E-state index contributed by atoms with van der Waals surface area (Å²) in [4.78, 5) is 25.0. The first-order valence-electron chi connectivity index (χ1n) is 7.23. The number of pyridine rings is 1. The molecule has 21 heavy (non-hydrogen) atoms. The molecule has 1 aliphatic rings. The van der Waals surface area contributed by atoms with Gasteiger partial charge in [-0.25, -0.2) is 4.79 Å². The van der Waals surface area contributed by atoms with Gasteiger partial charge in [0, 0.05) is 11.1 Å². The van der Waals surface area contributed by atoms with Crippen LogP contribution in [0.25, 0.3) is 10.8 Å². The molecule has 3 rings (SSSR count). The molecule has 2 heterocycles. The molecule has 0 N–H and O–H groups in total. The zero-order valence-corrected chi connectivity index (χ0v) is 12.6. The Kier molecular flexibility index (Phi) is 3.12. The summed E-state index contributed by atoms with van der Waals surface area (Å²) in [6, 6.07) is 8.98. The minimum atomic E-state index is -0.541. The van der Waals surface area contributed by atoms with Crippen LogP contribution in [0.5, 0.6) is 0 Å². The van der Waals surface area contributed by atoms with Gasteiger partial charge in [0.1, 0.15) is 11.6 Å². The summed E-state index contributed by atoms with van der Waals surface area (Å²) in [5, 5.41) is 1.58. The van der Waals surface area contributed by atoms with Crippen molar-refractivity contribution in [1.82, 2.24) is 4.57 Å². The first-order chi connectivity index (χ1) is 9.87. The molecule has 0 spiro atoms. The number of aryl methyl sites for hydroxylation is 1. The lowest BCUT2D eigenvalue weighted by molar-refractivity contribution is -0.158. The molecule has 4 nitrogen and oxygen atoms in total. The molecule has 4 heteroatoms.